The second kappa shape index (κ2) is 9.59. The molecular weight excluding hydrogens is 403 g/mol. The van der Waals surface area contributed by atoms with Crippen molar-refractivity contribution in [2.24, 2.45) is 0 Å². The number of carboxylic acid groups (broad SMARTS) is 1. The van der Waals surface area contributed by atoms with Crippen LogP contribution in [0.4, 0.5) is 13.2 Å². The van der Waals surface area contributed by atoms with Crippen molar-refractivity contribution in [2.75, 3.05) is 0 Å². The van der Waals surface area contributed by atoms with E-state index < -0.39 is 12.1 Å². The van der Waals surface area contributed by atoms with Crippen molar-refractivity contribution in [1.29, 1.82) is 0 Å². The maximum absolute atomic E-state index is 10.6. The van der Waals surface area contributed by atoms with Gasteiger partial charge in [-0.05, 0) is 44.1 Å². The van der Waals surface area contributed by atoms with Gasteiger partial charge in [0, 0.05) is 36.5 Å². The lowest BCUT2D eigenvalue weighted by molar-refractivity contribution is -0.192. The van der Waals surface area contributed by atoms with Crippen LogP contribution in [-0.2, 0) is 24.1 Å². The maximum atomic E-state index is 10.6. The van der Waals surface area contributed by atoms with Crippen molar-refractivity contribution in [3.63, 3.8) is 0 Å². The fourth-order valence-electron chi connectivity index (χ4n) is 3.97. The summed E-state index contributed by atoms with van der Waals surface area (Å²) in [5, 5.41) is 22.3. The van der Waals surface area contributed by atoms with E-state index in [1.54, 1.807) is 0 Å². The summed E-state index contributed by atoms with van der Waals surface area (Å²) in [5.41, 5.74) is 2.72. The Morgan fingerprint density at radius 3 is 2.57 bits per heavy atom. The van der Waals surface area contributed by atoms with Crippen molar-refractivity contribution < 1.29 is 27.6 Å². The average Bonchev–Trinajstić information content (AvgIpc) is 3.37. The molecule has 2 aromatic heterocycles. The number of rotatable bonds is 4. The van der Waals surface area contributed by atoms with E-state index in [9.17, 15) is 13.2 Å². The van der Waals surface area contributed by atoms with Gasteiger partial charge in [-0.2, -0.15) is 23.3 Å². The lowest BCUT2D eigenvalue weighted by Crippen LogP contribution is -2.43. The molecule has 1 fully saturated rings. The molecule has 30 heavy (non-hydrogen) atoms. The van der Waals surface area contributed by atoms with Crippen molar-refractivity contribution >= 4 is 5.97 Å². The Morgan fingerprint density at radius 2 is 1.97 bits per heavy atom. The molecule has 1 saturated carbocycles. The topological polar surface area (TPSA) is 117 Å². The highest BCUT2D eigenvalue weighted by molar-refractivity contribution is 5.73. The number of hydrogen-bond donors (Lipinski definition) is 3. The quantitative estimate of drug-likeness (QED) is 0.683. The van der Waals surface area contributed by atoms with Crippen molar-refractivity contribution in [1.82, 2.24) is 25.7 Å². The van der Waals surface area contributed by atoms with Crippen LogP contribution in [0, 0.1) is 0 Å². The van der Waals surface area contributed by atoms with Crippen molar-refractivity contribution in [3.05, 3.63) is 29.2 Å². The predicted octanol–water partition coefficient (Wildman–Crippen LogP) is 3.16. The molecule has 2 aliphatic carbocycles. The zero-order chi connectivity index (χ0) is 21.7. The number of aliphatic carboxylic acids is 1. The standard InChI is InChI=1S/C17H25N5O.C2HF3O2/c1-2-16-20-17(23-22-16)11-3-6-13(7-4-11)19-14-8-5-12-10-18-21-15(12)9-14;3-2(4,5)1(6)7/h10-11,13-14,19H,2-9H2,1H3,(H,18,21);(H,6,7). The van der Waals surface area contributed by atoms with Gasteiger partial charge in [-0.3, -0.25) is 5.10 Å². The maximum Gasteiger partial charge on any atom is 0.490 e. The highest BCUT2D eigenvalue weighted by Gasteiger charge is 2.38. The number of aryl methyl sites for hydroxylation is 2. The molecule has 4 rings (SSSR count). The van der Waals surface area contributed by atoms with E-state index in [1.165, 1.54) is 30.5 Å². The van der Waals surface area contributed by atoms with E-state index in [0.29, 0.717) is 18.0 Å². The zero-order valence-corrected chi connectivity index (χ0v) is 16.7. The molecule has 2 aliphatic rings. The van der Waals surface area contributed by atoms with E-state index in [2.05, 4.69) is 32.6 Å². The summed E-state index contributed by atoms with van der Waals surface area (Å²) in [6.45, 7) is 2.06. The van der Waals surface area contributed by atoms with Crippen LogP contribution in [0.2, 0.25) is 0 Å². The molecule has 0 aliphatic heterocycles. The van der Waals surface area contributed by atoms with Crippen molar-refractivity contribution in [2.45, 2.75) is 82.5 Å². The first-order chi connectivity index (χ1) is 14.3. The number of nitrogens with zero attached hydrogens (tertiary/aromatic N) is 3. The van der Waals surface area contributed by atoms with Gasteiger partial charge in [0.2, 0.25) is 5.89 Å². The number of H-pyrrole nitrogens is 1. The molecule has 0 amide bonds. The summed E-state index contributed by atoms with van der Waals surface area (Å²) < 4.78 is 37.2. The van der Waals surface area contributed by atoms with Crippen LogP contribution in [0.25, 0.3) is 0 Å². The van der Waals surface area contributed by atoms with Gasteiger partial charge in [0.15, 0.2) is 5.82 Å². The number of fused-ring (bicyclic) bond motifs is 1. The highest BCUT2D eigenvalue weighted by atomic mass is 19.4. The molecular formula is C19H26F3N5O3. The fourth-order valence-corrected chi connectivity index (χ4v) is 3.97. The van der Waals surface area contributed by atoms with E-state index in [4.69, 9.17) is 14.4 Å². The number of alkyl halides is 3. The van der Waals surface area contributed by atoms with Crippen LogP contribution >= 0.6 is 0 Å². The molecule has 0 bridgehead atoms. The Labute approximate surface area is 171 Å². The molecule has 11 heteroatoms. The van der Waals surface area contributed by atoms with Gasteiger partial charge in [-0.25, -0.2) is 4.79 Å². The SMILES string of the molecule is CCc1noc(C2CCC(NC3CCc4cn[nH]c4C3)CC2)n1.O=C(O)C(F)(F)F. The minimum atomic E-state index is -5.08. The number of carboxylic acids is 1. The van der Waals surface area contributed by atoms with Gasteiger partial charge >= 0.3 is 12.1 Å². The third kappa shape index (κ3) is 5.80. The number of nitrogens with one attached hydrogen (secondary N) is 2. The Balaban J connectivity index is 0.000000318. The fraction of sp³-hybridized carbons (Fsp3) is 0.684. The second-order valence-electron chi connectivity index (χ2n) is 7.73. The lowest BCUT2D eigenvalue weighted by Gasteiger charge is -2.32. The van der Waals surface area contributed by atoms with Gasteiger partial charge in [0.05, 0.1) is 6.20 Å². The molecule has 2 heterocycles. The van der Waals surface area contributed by atoms with Gasteiger partial charge in [-0.15, -0.1) is 0 Å². The predicted molar refractivity (Wildman–Crippen MR) is 99.9 cm³/mol. The first kappa shape index (κ1) is 22.3. The second-order valence-corrected chi connectivity index (χ2v) is 7.73. The molecule has 0 saturated heterocycles. The van der Waals surface area contributed by atoms with Crippen LogP contribution in [0.1, 0.15) is 67.9 Å². The molecule has 0 radical (unpaired) electrons. The van der Waals surface area contributed by atoms with Crippen LogP contribution in [-0.4, -0.2) is 49.7 Å². The van der Waals surface area contributed by atoms with Gasteiger partial charge in [0.1, 0.15) is 0 Å². The number of hydrogen-bond acceptors (Lipinski definition) is 6. The number of carbonyl (C=O) groups is 1. The summed E-state index contributed by atoms with van der Waals surface area (Å²) in [6, 6.07) is 1.20. The first-order valence-electron chi connectivity index (χ1n) is 10.2. The van der Waals surface area contributed by atoms with Crippen LogP contribution in [0.15, 0.2) is 10.7 Å². The zero-order valence-electron chi connectivity index (χ0n) is 16.7. The van der Waals surface area contributed by atoms with Gasteiger partial charge < -0.3 is 14.9 Å². The minimum absolute atomic E-state index is 0.450. The Morgan fingerprint density at radius 1 is 1.27 bits per heavy atom. The summed E-state index contributed by atoms with van der Waals surface area (Å²) in [5.74, 6) is -0.628. The summed E-state index contributed by atoms with van der Waals surface area (Å²) >= 11 is 0. The van der Waals surface area contributed by atoms with E-state index in [-0.39, 0.29) is 0 Å². The minimum Gasteiger partial charge on any atom is -0.475 e. The van der Waals surface area contributed by atoms with E-state index >= 15 is 0 Å². The normalized spacial score (nSPS) is 23.9. The molecule has 8 nitrogen and oxygen atoms in total. The molecule has 0 aromatic carbocycles. The number of halogens is 3. The van der Waals surface area contributed by atoms with E-state index in [0.717, 1.165) is 43.8 Å². The Hall–Kier alpha value is -2.43. The van der Waals surface area contributed by atoms with Crippen LogP contribution < -0.4 is 5.32 Å². The third-order valence-electron chi connectivity index (χ3n) is 5.61. The van der Waals surface area contributed by atoms with Crippen LogP contribution in [0.5, 0.6) is 0 Å². The van der Waals surface area contributed by atoms with Gasteiger partial charge in [-0.1, -0.05) is 12.1 Å². The molecule has 0 spiro atoms. The lowest BCUT2D eigenvalue weighted by atomic mass is 9.84. The molecule has 3 N–H and O–H groups in total. The summed E-state index contributed by atoms with van der Waals surface area (Å²) in [7, 11) is 0. The molecule has 1 atom stereocenters. The molecule has 1 unspecified atom stereocenters. The number of aromatic nitrogens is 4. The van der Waals surface area contributed by atoms with Crippen molar-refractivity contribution in [3.8, 4) is 0 Å². The summed E-state index contributed by atoms with van der Waals surface area (Å²) in [4.78, 5) is 13.4. The average molecular weight is 429 g/mol. The Kier molecular flexibility index (Phi) is 7.11. The van der Waals surface area contributed by atoms with Gasteiger partial charge in [0.25, 0.3) is 0 Å². The third-order valence-corrected chi connectivity index (χ3v) is 5.61. The monoisotopic (exact) mass is 429 g/mol. The first-order valence-corrected chi connectivity index (χ1v) is 10.2. The van der Waals surface area contributed by atoms with Crippen LogP contribution in [0.3, 0.4) is 0 Å². The largest absolute Gasteiger partial charge is 0.490 e. The summed E-state index contributed by atoms with van der Waals surface area (Å²) in [6.07, 6.45) is 5.86. The Bertz CT molecular complexity index is 827. The highest BCUT2D eigenvalue weighted by Crippen LogP contribution is 2.32. The molecule has 166 valence electrons. The van der Waals surface area contributed by atoms with E-state index in [1.807, 2.05) is 6.20 Å². The smallest absolute Gasteiger partial charge is 0.475 e. The number of aromatic amines is 1. The molecule has 2 aromatic rings.